The van der Waals surface area contributed by atoms with E-state index in [1.165, 1.54) is 86.1 Å². The number of rotatable bonds is 16. The molecule has 0 saturated heterocycles. The molecule has 0 bridgehead atoms. The molecule has 2 aromatic rings. The molecule has 0 radical (unpaired) electrons. The van der Waals surface area contributed by atoms with Gasteiger partial charge in [-0.25, -0.2) is 0 Å². The van der Waals surface area contributed by atoms with Crippen LogP contribution < -0.4 is 9.47 Å². The Balaban J connectivity index is 1.96. The molecule has 2 nitrogen and oxygen atoms in total. The molecule has 0 aliphatic rings. The van der Waals surface area contributed by atoms with Crippen molar-refractivity contribution in [1.29, 1.82) is 0 Å². The molecule has 0 unspecified atom stereocenters. The summed E-state index contributed by atoms with van der Waals surface area (Å²) in [5, 5.41) is 2.37. The number of benzene rings is 2. The van der Waals surface area contributed by atoms with Crippen LogP contribution in [-0.2, 0) is 0 Å². The predicted octanol–water partition coefficient (Wildman–Crippen LogP) is 8.94. The number of hydrogen-bond donors (Lipinski definition) is 0. The Morgan fingerprint density at radius 2 is 0.867 bits per heavy atom. The summed E-state index contributed by atoms with van der Waals surface area (Å²) >= 11 is 0. The Morgan fingerprint density at radius 1 is 0.500 bits per heavy atom. The van der Waals surface area contributed by atoms with Gasteiger partial charge in [-0.1, -0.05) is 78.1 Å². The van der Waals surface area contributed by atoms with Gasteiger partial charge in [0.05, 0.1) is 13.2 Å². The van der Waals surface area contributed by atoms with Gasteiger partial charge in [0, 0.05) is 10.8 Å². The minimum absolute atomic E-state index is 0.798. The van der Waals surface area contributed by atoms with Crippen molar-refractivity contribution < 1.29 is 9.47 Å². The highest BCUT2D eigenvalue weighted by atomic mass is 16.5. The summed E-state index contributed by atoms with van der Waals surface area (Å²) in [5.74, 6) is 2.01. The van der Waals surface area contributed by atoms with Crippen molar-refractivity contribution in [2.75, 3.05) is 13.2 Å². The van der Waals surface area contributed by atoms with Crippen LogP contribution in [0.2, 0.25) is 0 Å². The molecule has 0 fully saturated rings. The zero-order valence-corrected chi connectivity index (χ0v) is 20.0. The van der Waals surface area contributed by atoms with Crippen molar-refractivity contribution in [3.63, 3.8) is 0 Å². The summed E-state index contributed by atoms with van der Waals surface area (Å²) in [6, 6.07) is 8.83. The molecular formula is C28H44O2. The number of ether oxygens (including phenoxy) is 2. The van der Waals surface area contributed by atoms with Gasteiger partial charge in [-0.2, -0.15) is 0 Å². The van der Waals surface area contributed by atoms with Gasteiger partial charge < -0.3 is 9.47 Å². The lowest BCUT2D eigenvalue weighted by Gasteiger charge is -2.15. The SMILES string of the molecule is CCCCCCCCOc1cc(C)cc2c(OCCCCCCCC)cc(C)cc12. The van der Waals surface area contributed by atoms with E-state index < -0.39 is 0 Å². The maximum Gasteiger partial charge on any atom is 0.127 e. The van der Waals surface area contributed by atoms with E-state index in [0.29, 0.717) is 0 Å². The summed E-state index contributed by atoms with van der Waals surface area (Å²) in [4.78, 5) is 0. The average Bonchev–Trinajstić information content (AvgIpc) is 2.73. The zero-order valence-electron chi connectivity index (χ0n) is 20.0. The van der Waals surface area contributed by atoms with Crippen LogP contribution in [0.1, 0.15) is 102 Å². The second kappa shape index (κ2) is 14.3. The van der Waals surface area contributed by atoms with Gasteiger partial charge in [-0.15, -0.1) is 0 Å². The summed E-state index contributed by atoms with van der Waals surface area (Å²) in [7, 11) is 0. The van der Waals surface area contributed by atoms with E-state index in [4.69, 9.17) is 9.47 Å². The normalized spacial score (nSPS) is 11.2. The Kier molecular flexibility index (Phi) is 11.7. The van der Waals surface area contributed by atoms with Crippen LogP contribution in [0.3, 0.4) is 0 Å². The van der Waals surface area contributed by atoms with E-state index in [2.05, 4.69) is 52.0 Å². The molecule has 0 spiro atoms. The van der Waals surface area contributed by atoms with Gasteiger partial charge in [0.15, 0.2) is 0 Å². The summed E-state index contributed by atoms with van der Waals surface area (Å²) in [6.45, 7) is 10.4. The third-order valence-corrected chi connectivity index (χ3v) is 5.79. The van der Waals surface area contributed by atoms with Gasteiger partial charge in [0.2, 0.25) is 0 Å². The fraction of sp³-hybridized carbons (Fsp3) is 0.643. The highest BCUT2D eigenvalue weighted by Crippen LogP contribution is 2.35. The molecule has 2 heteroatoms. The van der Waals surface area contributed by atoms with Crippen LogP contribution in [0.5, 0.6) is 11.5 Å². The first-order chi connectivity index (χ1) is 14.7. The van der Waals surface area contributed by atoms with Gasteiger partial charge in [-0.3, -0.25) is 0 Å². The predicted molar refractivity (Wildman–Crippen MR) is 131 cm³/mol. The van der Waals surface area contributed by atoms with Crippen LogP contribution in [0, 0.1) is 13.8 Å². The molecule has 30 heavy (non-hydrogen) atoms. The highest BCUT2D eigenvalue weighted by Gasteiger charge is 2.10. The fourth-order valence-electron chi connectivity index (χ4n) is 4.04. The van der Waals surface area contributed by atoms with Crippen molar-refractivity contribution in [3.8, 4) is 11.5 Å². The van der Waals surface area contributed by atoms with E-state index in [0.717, 1.165) is 37.6 Å². The molecule has 0 N–H and O–H groups in total. The summed E-state index contributed by atoms with van der Waals surface area (Å²) in [5.41, 5.74) is 2.46. The molecular weight excluding hydrogens is 368 g/mol. The molecule has 0 heterocycles. The first-order valence-corrected chi connectivity index (χ1v) is 12.5. The first kappa shape index (κ1) is 24.6. The third kappa shape index (κ3) is 8.58. The summed E-state index contributed by atoms with van der Waals surface area (Å²) < 4.78 is 12.5. The monoisotopic (exact) mass is 412 g/mol. The smallest absolute Gasteiger partial charge is 0.127 e. The van der Waals surface area contributed by atoms with Crippen molar-refractivity contribution in [2.45, 2.75) is 105 Å². The Bertz CT molecular complexity index is 672. The van der Waals surface area contributed by atoms with E-state index in [-0.39, 0.29) is 0 Å². The molecule has 0 atom stereocenters. The Morgan fingerprint density at radius 3 is 1.27 bits per heavy atom. The van der Waals surface area contributed by atoms with Crippen LogP contribution in [0.15, 0.2) is 24.3 Å². The van der Waals surface area contributed by atoms with Gasteiger partial charge in [-0.05, 0) is 62.1 Å². The van der Waals surface area contributed by atoms with Gasteiger partial charge >= 0.3 is 0 Å². The Hall–Kier alpha value is -1.70. The zero-order chi connectivity index (χ0) is 21.6. The van der Waals surface area contributed by atoms with E-state index >= 15 is 0 Å². The molecule has 0 saturated carbocycles. The van der Waals surface area contributed by atoms with Crippen LogP contribution >= 0.6 is 0 Å². The van der Waals surface area contributed by atoms with E-state index in [9.17, 15) is 0 Å². The fourth-order valence-corrected chi connectivity index (χ4v) is 4.04. The van der Waals surface area contributed by atoms with Crippen molar-refractivity contribution in [1.82, 2.24) is 0 Å². The third-order valence-electron chi connectivity index (χ3n) is 5.79. The van der Waals surface area contributed by atoms with Crippen LogP contribution in [0.4, 0.5) is 0 Å². The quantitative estimate of drug-likeness (QED) is 0.256. The van der Waals surface area contributed by atoms with E-state index in [1.54, 1.807) is 0 Å². The topological polar surface area (TPSA) is 18.5 Å². The Labute approximate surface area is 185 Å². The molecule has 2 rings (SSSR count). The van der Waals surface area contributed by atoms with Gasteiger partial charge in [0.25, 0.3) is 0 Å². The first-order valence-electron chi connectivity index (χ1n) is 12.5. The number of hydrogen-bond acceptors (Lipinski definition) is 2. The van der Waals surface area contributed by atoms with Crippen molar-refractivity contribution >= 4 is 10.8 Å². The second-order valence-electron chi connectivity index (χ2n) is 8.85. The molecule has 0 aromatic heterocycles. The molecule has 0 amide bonds. The molecule has 0 aliphatic carbocycles. The van der Waals surface area contributed by atoms with Crippen LogP contribution in [-0.4, -0.2) is 13.2 Å². The minimum atomic E-state index is 0.798. The van der Waals surface area contributed by atoms with Crippen LogP contribution in [0.25, 0.3) is 10.8 Å². The maximum absolute atomic E-state index is 6.24. The van der Waals surface area contributed by atoms with E-state index in [1.807, 2.05) is 0 Å². The lowest BCUT2D eigenvalue weighted by molar-refractivity contribution is 0.304. The maximum atomic E-state index is 6.24. The second-order valence-corrected chi connectivity index (χ2v) is 8.85. The lowest BCUT2D eigenvalue weighted by Crippen LogP contribution is -2.01. The van der Waals surface area contributed by atoms with Gasteiger partial charge in [0.1, 0.15) is 11.5 Å². The average molecular weight is 413 g/mol. The van der Waals surface area contributed by atoms with Crippen molar-refractivity contribution in [2.24, 2.45) is 0 Å². The number of aryl methyl sites for hydroxylation is 2. The molecule has 0 aliphatic heterocycles. The largest absolute Gasteiger partial charge is 0.493 e. The summed E-state index contributed by atoms with van der Waals surface area (Å²) in [6.07, 6.45) is 15.4. The molecule has 168 valence electrons. The number of fused-ring (bicyclic) bond motifs is 1. The number of unbranched alkanes of at least 4 members (excludes halogenated alkanes) is 10. The highest BCUT2D eigenvalue weighted by molar-refractivity contribution is 5.94. The lowest BCUT2D eigenvalue weighted by atomic mass is 10.0. The van der Waals surface area contributed by atoms with Crippen molar-refractivity contribution in [3.05, 3.63) is 35.4 Å². The molecule has 2 aromatic carbocycles. The minimum Gasteiger partial charge on any atom is -0.493 e. The standard InChI is InChI=1S/C28H44O2/c1-5-7-9-11-13-15-17-29-27-21-23(3)20-26-25(27)19-24(4)22-28(26)30-18-16-14-12-10-8-6-2/h19-22H,5-18H2,1-4H3.